The molecule has 0 bridgehead atoms. The van der Waals surface area contributed by atoms with Crippen LogP contribution in [0.1, 0.15) is 26.3 Å². The summed E-state index contributed by atoms with van der Waals surface area (Å²) in [7, 11) is 5.98. The molecular weight excluding hydrogens is 608 g/mol. The van der Waals surface area contributed by atoms with Crippen LogP contribution in [0.4, 0.5) is 16.2 Å². The van der Waals surface area contributed by atoms with Gasteiger partial charge >= 0.3 is 6.09 Å². The number of piperazine rings is 1. The van der Waals surface area contributed by atoms with Crippen LogP contribution in [0.15, 0.2) is 35.4 Å². The second-order valence-electron chi connectivity index (χ2n) is 10.6. The fourth-order valence-corrected chi connectivity index (χ4v) is 5.51. The Morgan fingerprint density at radius 1 is 0.955 bits per heavy atom. The Morgan fingerprint density at radius 2 is 1.55 bits per heavy atom. The van der Waals surface area contributed by atoms with Gasteiger partial charge in [0.1, 0.15) is 15.7 Å². The molecule has 0 spiro atoms. The number of benzene rings is 2. The van der Waals surface area contributed by atoms with Crippen LogP contribution in [0, 0.1) is 0 Å². The van der Waals surface area contributed by atoms with Crippen LogP contribution < -0.4 is 23.8 Å². The lowest BCUT2D eigenvalue weighted by atomic mass is 10.1. The second-order valence-corrected chi connectivity index (χ2v) is 12.2. The summed E-state index contributed by atoms with van der Waals surface area (Å²) in [6.07, 6.45) is -0.353. The van der Waals surface area contributed by atoms with Crippen molar-refractivity contribution in [1.29, 1.82) is 0 Å². The molecule has 0 aromatic heterocycles. The van der Waals surface area contributed by atoms with Crippen LogP contribution in [0.2, 0.25) is 0 Å². The third-order valence-corrected chi connectivity index (χ3v) is 8.02. The van der Waals surface area contributed by atoms with E-state index in [1.165, 1.54) is 40.2 Å². The zero-order valence-corrected chi connectivity index (χ0v) is 27.6. The number of methoxy groups -OCH3 is 4. The lowest BCUT2D eigenvalue weighted by Gasteiger charge is -2.36. The highest BCUT2D eigenvalue weighted by molar-refractivity contribution is 8.23. The van der Waals surface area contributed by atoms with E-state index in [9.17, 15) is 9.59 Å². The first-order valence-electron chi connectivity index (χ1n) is 13.7. The highest BCUT2D eigenvalue weighted by Gasteiger charge is 2.28. The molecule has 0 saturated carbocycles. The lowest BCUT2D eigenvalue weighted by Crippen LogP contribution is -2.51. The Morgan fingerprint density at radius 3 is 2.07 bits per heavy atom. The number of rotatable bonds is 10. The maximum atomic E-state index is 13.8. The first-order valence-corrected chi connectivity index (χ1v) is 15.1. The second kappa shape index (κ2) is 15.6. The molecule has 1 aliphatic heterocycles. The maximum absolute atomic E-state index is 13.8. The van der Waals surface area contributed by atoms with E-state index in [0.717, 1.165) is 0 Å². The number of thiocarbonyl (C=S) groups is 1. The molecule has 238 valence electrons. The number of hydrogen-bond donors (Lipinski definition) is 0. The van der Waals surface area contributed by atoms with Gasteiger partial charge in [0.15, 0.2) is 11.5 Å². The minimum absolute atomic E-state index is 0.0428. The van der Waals surface area contributed by atoms with Crippen LogP contribution in [-0.2, 0) is 16.1 Å². The fourth-order valence-electron chi connectivity index (χ4n) is 4.38. The Bertz CT molecular complexity index is 1380. The quantitative estimate of drug-likeness (QED) is 0.135. The number of anilines is 1. The highest BCUT2D eigenvalue weighted by Crippen LogP contribution is 2.42. The van der Waals surface area contributed by atoms with E-state index >= 15 is 0 Å². The number of hydrogen-bond acceptors (Lipinski definition) is 10. The molecule has 0 atom stereocenters. The van der Waals surface area contributed by atoms with Crippen LogP contribution in [0.5, 0.6) is 23.0 Å². The smallest absolute Gasteiger partial charge is 0.410 e. The lowest BCUT2D eigenvalue weighted by molar-refractivity contribution is -0.116. The third-order valence-electron chi connectivity index (χ3n) is 6.51. The summed E-state index contributed by atoms with van der Waals surface area (Å²) in [6.45, 7) is 7.63. The van der Waals surface area contributed by atoms with Gasteiger partial charge in [-0.2, -0.15) is 0 Å². The van der Waals surface area contributed by atoms with Crippen molar-refractivity contribution in [3.8, 4) is 23.0 Å². The largest absolute Gasteiger partial charge is 0.496 e. The molecule has 0 unspecified atom stereocenters. The highest BCUT2D eigenvalue weighted by atomic mass is 32.2. The van der Waals surface area contributed by atoms with E-state index < -0.39 is 5.60 Å². The third kappa shape index (κ3) is 8.97. The van der Waals surface area contributed by atoms with Crippen molar-refractivity contribution in [2.24, 2.45) is 5.11 Å². The molecule has 2 amide bonds. The Labute approximate surface area is 266 Å². The molecule has 1 saturated heterocycles. The van der Waals surface area contributed by atoms with Gasteiger partial charge in [-0.15, -0.1) is 0 Å². The van der Waals surface area contributed by atoms with E-state index in [4.69, 9.17) is 41.4 Å². The molecule has 15 heteroatoms. The molecule has 3 rings (SSSR count). The summed E-state index contributed by atoms with van der Waals surface area (Å²) >= 11 is 6.92. The molecule has 44 heavy (non-hydrogen) atoms. The summed E-state index contributed by atoms with van der Waals surface area (Å²) in [4.78, 5) is 34.4. The number of carbonyl (C=O) groups excluding carboxylic acids is 2. The molecular formula is C29H38N6O7S2. The van der Waals surface area contributed by atoms with Gasteiger partial charge in [-0.3, -0.25) is 4.79 Å². The number of nitrogens with zero attached hydrogens (tertiary/aromatic N) is 6. The number of thioether (sulfide) groups is 1. The van der Waals surface area contributed by atoms with E-state index in [1.54, 1.807) is 40.1 Å². The van der Waals surface area contributed by atoms with Crippen LogP contribution in [0.3, 0.4) is 0 Å². The molecule has 0 radical (unpaired) electrons. The van der Waals surface area contributed by atoms with Gasteiger partial charge in [-0.25, -0.2) is 4.79 Å². The molecule has 2 aromatic rings. The van der Waals surface area contributed by atoms with E-state index in [0.29, 0.717) is 70.4 Å². The number of carbonyl (C=O) groups is 2. The first-order chi connectivity index (χ1) is 20.9. The van der Waals surface area contributed by atoms with Gasteiger partial charge in [0.2, 0.25) is 11.7 Å². The average Bonchev–Trinajstić information content (AvgIpc) is 3.01. The van der Waals surface area contributed by atoms with Gasteiger partial charge in [-0.05, 0) is 44.0 Å². The summed E-state index contributed by atoms with van der Waals surface area (Å²) < 4.78 is 27.8. The van der Waals surface area contributed by atoms with E-state index in [-0.39, 0.29) is 24.3 Å². The van der Waals surface area contributed by atoms with Crippen LogP contribution in [0.25, 0.3) is 10.4 Å². The first kappa shape index (κ1) is 34.4. The van der Waals surface area contributed by atoms with Gasteiger partial charge in [0, 0.05) is 43.2 Å². The van der Waals surface area contributed by atoms with Crippen molar-refractivity contribution in [3.63, 3.8) is 0 Å². The standard InChI is InChI=1S/C29H38N6O7S2/c1-29(2,3)42-27(37)33-10-12-34(13-11-33)28(43)44-18-25(36)35(17-19-8-9-22(38-4)21(14-19)31-32-30)20-15-23(39-5)26(41-7)24(16-20)40-6/h8-9,14-16H,10-13,17-18H2,1-7H3. The average molecular weight is 647 g/mol. The minimum Gasteiger partial charge on any atom is -0.496 e. The SMILES string of the molecule is COc1ccc(CN(C(=O)CSC(=S)N2CCN(C(=O)OC(C)(C)C)CC2)c2cc(OC)c(OC)c(OC)c2)cc1N=[N+]=[N-]. The number of ether oxygens (including phenoxy) is 5. The topological polar surface area (TPSA) is 139 Å². The molecule has 13 nitrogen and oxygen atoms in total. The van der Waals surface area contributed by atoms with Crippen molar-refractivity contribution in [1.82, 2.24) is 9.80 Å². The normalized spacial score (nSPS) is 13.0. The zero-order chi connectivity index (χ0) is 32.4. The molecule has 1 aliphatic rings. The minimum atomic E-state index is -0.570. The van der Waals surface area contributed by atoms with Crippen LogP contribution in [-0.4, -0.2) is 92.1 Å². The number of amides is 2. The Balaban J connectivity index is 1.81. The molecule has 0 aliphatic carbocycles. The van der Waals surface area contributed by atoms with Crippen molar-refractivity contribution in [3.05, 3.63) is 46.3 Å². The summed E-state index contributed by atoms with van der Waals surface area (Å²) in [5, 5.41) is 3.72. The van der Waals surface area contributed by atoms with Crippen molar-refractivity contribution >= 4 is 51.7 Å². The molecule has 0 N–H and O–H groups in total. The monoisotopic (exact) mass is 646 g/mol. The van der Waals surface area contributed by atoms with Gasteiger partial charge in [0.05, 0.1) is 52.1 Å². The molecule has 1 heterocycles. The van der Waals surface area contributed by atoms with E-state index in [2.05, 4.69) is 10.0 Å². The Hall–Kier alpha value is -4.07. The maximum Gasteiger partial charge on any atom is 0.410 e. The van der Waals surface area contributed by atoms with Gasteiger partial charge < -0.3 is 38.4 Å². The van der Waals surface area contributed by atoms with Crippen molar-refractivity contribution in [2.75, 3.05) is 65.3 Å². The van der Waals surface area contributed by atoms with E-state index in [1.807, 2.05) is 25.7 Å². The Kier molecular flexibility index (Phi) is 12.2. The predicted molar refractivity (Wildman–Crippen MR) is 174 cm³/mol. The van der Waals surface area contributed by atoms with Crippen LogP contribution >= 0.6 is 24.0 Å². The van der Waals surface area contributed by atoms with Crippen molar-refractivity contribution < 1.29 is 33.3 Å². The summed E-state index contributed by atoms with van der Waals surface area (Å²) in [5.74, 6) is 1.37. The molecule has 2 aromatic carbocycles. The van der Waals surface area contributed by atoms with Gasteiger partial charge in [0.25, 0.3) is 0 Å². The zero-order valence-electron chi connectivity index (χ0n) is 26.0. The van der Waals surface area contributed by atoms with Crippen molar-refractivity contribution in [2.45, 2.75) is 32.9 Å². The predicted octanol–water partition coefficient (Wildman–Crippen LogP) is 5.77. The summed E-state index contributed by atoms with van der Waals surface area (Å²) in [5.41, 5.74) is 9.94. The summed E-state index contributed by atoms with van der Waals surface area (Å²) in [6, 6.07) is 8.51. The van der Waals surface area contributed by atoms with Gasteiger partial charge in [-0.1, -0.05) is 35.2 Å². The fraction of sp³-hybridized carbons (Fsp3) is 0.483. The number of azide groups is 1. The molecule has 1 fully saturated rings.